The molecule has 0 N–H and O–H groups in total. The Kier molecular flexibility index (Phi) is 7.12. The van der Waals surface area contributed by atoms with Gasteiger partial charge in [-0.2, -0.15) is 0 Å². The molecule has 0 saturated heterocycles. The smallest absolute Gasteiger partial charge is 0.240 e. The van der Waals surface area contributed by atoms with Crippen LogP contribution in [0.25, 0.3) is 0 Å². The van der Waals surface area contributed by atoms with Gasteiger partial charge in [-0.1, -0.05) is 54.6 Å². The Morgan fingerprint density at radius 2 is 1.38 bits per heavy atom. The quantitative estimate of drug-likeness (QED) is 0.492. The van der Waals surface area contributed by atoms with E-state index in [1.165, 1.54) is 11.8 Å². The Bertz CT molecular complexity index is 1020. The van der Waals surface area contributed by atoms with E-state index in [4.69, 9.17) is 0 Å². The van der Waals surface area contributed by atoms with Crippen molar-refractivity contribution in [2.75, 3.05) is 17.7 Å². The molecule has 0 heterocycles. The number of sulfone groups is 1. The maximum atomic E-state index is 13.2. The van der Waals surface area contributed by atoms with Crippen molar-refractivity contribution >= 4 is 33.2 Å². The fraction of sp³-hybridized carbons (Fsp3) is 0.174. The highest BCUT2D eigenvalue weighted by atomic mass is 32.2. The summed E-state index contributed by atoms with van der Waals surface area (Å²) in [5.41, 5.74) is 0.780. The van der Waals surface area contributed by atoms with Crippen LogP contribution in [0.15, 0.2) is 101 Å². The molecule has 0 aromatic heterocycles. The lowest BCUT2D eigenvalue weighted by molar-refractivity contribution is -0.117. The molecule has 6 heteroatoms. The van der Waals surface area contributed by atoms with Crippen molar-refractivity contribution in [3.05, 3.63) is 91.0 Å². The number of amides is 1. The van der Waals surface area contributed by atoms with E-state index in [0.717, 1.165) is 10.6 Å². The van der Waals surface area contributed by atoms with Crippen LogP contribution in [0.4, 0.5) is 5.69 Å². The fourth-order valence-corrected chi connectivity index (χ4v) is 5.54. The molecule has 1 amide bonds. The lowest BCUT2D eigenvalue weighted by Crippen LogP contribution is -2.35. The second kappa shape index (κ2) is 9.76. The highest BCUT2D eigenvalue weighted by molar-refractivity contribution is 8.00. The van der Waals surface area contributed by atoms with Crippen molar-refractivity contribution in [1.29, 1.82) is 0 Å². The summed E-state index contributed by atoms with van der Waals surface area (Å²) < 4.78 is 25.4. The lowest BCUT2D eigenvalue weighted by atomic mass is 10.2. The SMILES string of the molecule is CN(C(=O)[C@H](CCS(=O)(=O)c1ccccc1)Sc1ccccc1)c1ccccc1. The molecule has 4 nitrogen and oxygen atoms in total. The first-order valence-electron chi connectivity index (χ1n) is 9.29. The van der Waals surface area contributed by atoms with E-state index >= 15 is 0 Å². The van der Waals surface area contributed by atoms with Crippen LogP contribution in [0.2, 0.25) is 0 Å². The first kappa shape index (κ1) is 21.1. The summed E-state index contributed by atoms with van der Waals surface area (Å²) in [5, 5.41) is -0.513. The molecule has 150 valence electrons. The molecular formula is C23H23NO3S2. The van der Waals surface area contributed by atoms with Gasteiger partial charge in [-0.05, 0) is 42.8 Å². The minimum atomic E-state index is -3.46. The van der Waals surface area contributed by atoms with Crippen LogP contribution in [0, 0.1) is 0 Å². The van der Waals surface area contributed by atoms with Crippen LogP contribution < -0.4 is 4.90 Å². The first-order valence-corrected chi connectivity index (χ1v) is 11.8. The zero-order valence-electron chi connectivity index (χ0n) is 16.1. The number of carbonyl (C=O) groups is 1. The number of nitrogens with zero attached hydrogens (tertiary/aromatic N) is 1. The third-order valence-corrected chi connectivity index (χ3v) is 7.55. The number of hydrogen-bond donors (Lipinski definition) is 0. The van der Waals surface area contributed by atoms with E-state index in [1.807, 2.05) is 60.7 Å². The predicted octanol–water partition coefficient (Wildman–Crippen LogP) is 4.67. The van der Waals surface area contributed by atoms with Crippen molar-refractivity contribution in [3.8, 4) is 0 Å². The second-order valence-electron chi connectivity index (χ2n) is 6.57. The summed E-state index contributed by atoms with van der Waals surface area (Å²) in [6.07, 6.45) is 0.229. The molecule has 3 aromatic carbocycles. The van der Waals surface area contributed by atoms with Gasteiger partial charge in [0.2, 0.25) is 5.91 Å². The number of anilines is 1. The topological polar surface area (TPSA) is 54.5 Å². The summed E-state index contributed by atoms with van der Waals surface area (Å²) >= 11 is 1.40. The van der Waals surface area contributed by atoms with Crippen molar-refractivity contribution in [3.63, 3.8) is 0 Å². The average molecular weight is 426 g/mol. The van der Waals surface area contributed by atoms with E-state index in [2.05, 4.69) is 0 Å². The summed E-state index contributed by atoms with van der Waals surface area (Å²) in [6.45, 7) is 0. The molecule has 3 aromatic rings. The van der Waals surface area contributed by atoms with Crippen LogP contribution in [0.3, 0.4) is 0 Å². The molecule has 0 radical (unpaired) electrons. The molecule has 3 rings (SSSR count). The van der Waals surface area contributed by atoms with Gasteiger partial charge in [0.15, 0.2) is 9.84 Å². The summed E-state index contributed by atoms with van der Waals surface area (Å²) in [7, 11) is -1.73. The fourth-order valence-electron chi connectivity index (χ4n) is 2.90. The Morgan fingerprint density at radius 3 is 1.97 bits per heavy atom. The molecule has 0 saturated carbocycles. The van der Waals surface area contributed by atoms with Crippen LogP contribution in [-0.4, -0.2) is 32.4 Å². The number of hydrogen-bond acceptors (Lipinski definition) is 4. The van der Waals surface area contributed by atoms with Crippen molar-refractivity contribution in [1.82, 2.24) is 0 Å². The van der Waals surface area contributed by atoms with E-state index in [-0.39, 0.29) is 23.0 Å². The molecule has 0 aliphatic rings. The summed E-state index contributed by atoms with van der Waals surface area (Å²) in [6, 6.07) is 27.3. The minimum absolute atomic E-state index is 0.0874. The summed E-state index contributed by atoms with van der Waals surface area (Å²) in [4.78, 5) is 16.0. The van der Waals surface area contributed by atoms with E-state index in [9.17, 15) is 13.2 Å². The standard InChI is InChI=1S/C23H23NO3S2/c1-24(19-11-5-2-6-12-19)23(25)22(28-20-13-7-3-8-14-20)17-18-29(26,27)21-15-9-4-10-16-21/h2-16,22H,17-18H2,1H3/t22-/m0/s1. The molecule has 0 unspecified atom stereocenters. The predicted molar refractivity (Wildman–Crippen MR) is 119 cm³/mol. The normalized spacial score (nSPS) is 12.3. The maximum Gasteiger partial charge on any atom is 0.240 e. The molecule has 0 aliphatic heterocycles. The van der Waals surface area contributed by atoms with Gasteiger partial charge in [-0.15, -0.1) is 11.8 Å². The second-order valence-corrected chi connectivity index (χ2v) is 9.96. The van der Waals surface area contributed by atoms with Crippen LogP contribution in [0.1, 0.15) is 6.42 Å². The van der Waals surface area contributed by atoms with E-state index in [0.29, 0.717) is 0 Å². The third-order valence-electron chi connectivity index (χ3n) is 4.52. The molecule has 0 spiro atoms. The van der Waals surface area contributed by atoms with Crippen LogP contribution >= 0.6 is 11.8 Å². The third kappa shape index (κ3) is 5.71. The lowest BCUT2D eigenvalue weighted by Gasteiger charge is -2.24. The summed E-state index contributed by atoms with van der Waals surface area (Å²) in [5.74, 6) is -0.205. The molecular weight excluding hydrogens is 402 g/mol. The number of para-hydroxylation sites is 1. The monoisotopic (exact) mass is 425 g/mol. The number of rotatable bonds is 8. The Morgan fingerprint density at radius 1 is 0.862 bits per heavy atom. The molecule has 1 atom stereocenters. The minimum Gasteiger partial charge on any atom is -0.315 e. The number of thioether (sulfide) groups is 1. The Balaban J connectivity index is 1.80. The van der Waals surface area contributed by atoms with Gasteiger partial charge in [-0.25, -0.2) is 8.42 Å². The molecule has 0 bridgehead atoms. The van der Waals surface area contributed by atoms with Gasteiger partial charge in [-0.3, -0.25) is 4.79 Å². The first-order chi connectivity index (χ1) is 14.0. The molecule has 29 heavy (non-hydrogen) atoms. The van der Waals surface area contributed by atoms with Crippen molar-refractivity contribution in [2.45, 2.75) is 21.5 Å². The zero-order valence-corrected chi connectivity index (χ0v) is 17.8. The number of carbonyl (C=O) groups excluding carboxylic acids is 1. The highest BCUT2D eigenvalue weighted by Crippen LogP contribution is 2.29. The molecule has 0 fully saturated rings. The van der Waals surface area contributed by atoms with Crippen molar-refractivity contribution in [2.24, 2.45) is 0 Å². The van der Waals surface area contributed by atoms with Gasteiger partial charge in [0.1, 0.15) is 0 Å². The zero-order chi connectivity index (χ0) is 20.7. The van der Waals surface area contributed by atoms with E-state index < -0.39 is 15.1 Å². The number of benzene rings is 3. The average Bonchev–Trinajstić information content (AvgIpc) is 2.77. The maximum absolute atomic E-state index is 13.2. The highest BCUT2D eigenvalue weighted by Gasteiger charge is 2.27. The largest absolute Gasteiger partial charge is 0.315 e. The van der Waals surface area contributed by atoms with Gasteiger partial charge in [0, 0.05) is 17.6 Å². The van der Waals surface area contributed by atoms with Gasteiger partial charge < -0.3 is 4.90 Å². The van der Waals surface area contributed by atoms with Gasteiger partial charge in [0.25, 0.3) is 0 Å². The Labute approximate surface area is 176 Å². The Hall–Kier alpha value is -2.57. The van der Waals surface area contributed by atoms with Gasteiger partial charge in [0.05, 0.1) is 15.9 Å². The van der Waals surface area contributed by atoms with Crippen LogP contribution in [-0.2, 0) is 14.6 Å². The van der Waals surface area contributed by atoms with E-state index in [1.54, 1.807) is 42.3 Å². The van der Waals surface area contributed by atoms with Gasteiger partial charge >= 0.3 is 0 Å². The van der Waals surface area contributed by atoms with Crippen molar-refractivity contribution < 1.29 is 13.2 Å². The molecule has 0 aliphatic carbocycles. The van der Waals surface area contributed by atoms with Crippen LogP contribution in [0.5, 0.6) is 0 Å².